The predicted molar refractivity (Wildman–Crippen MR) is 57.2 cm³/mol. The molecule has 14 heavy (non-hydrogen) atoms. The number of aliphatic hydroxyl groups excluding tert-OH is 1. The second kappa shape index (κ2) is 5.86. The fraction of sp³-hybridized carbons (Fsp3) is 0.900. The fourth-order valence-corrected chi connectivity index (χ4v) is 1.06. The second-order valence-corrected chi connectivity index (χ2v) is 4.34. The molecule has 4 heteroatoms. The Hall–Kier alpha value is -0.770. The molecule has 0 aliphatic rings. The van der Waals surface area contributed by atoms with Crippen LogP contribution < -0.4 is 5.32 Å². The van der Waals surface area contributed by atoms with Gasteiger partial charge in [0.05, 0.1) is 0 Å². The first kappa shape index (κ1) is 13.2. The standard InChI is InChI=1S/C10H22N2O2/c1-5-12(7-6-8-13)9(14)11-10(2,3)4/h13H,5-8H2,1-4H3,(H,11,14). The summed E-state index contributed by atoms with van der Waals surface area (Å²) in [7, 11) is 0. The third-order valence-corrected chi connectivity index (χ3v) is 1.74. The number of carbonyl (C=O) groups is 1. The molecule has 0 aromatic heterocycles. The van der Waals surface area contributed by atoms with Gasteiger partial charge in [0.1, 0.15) is 0 Å². The molecule has 0 rings (SSSR count). The maximum atomic E-state index is 11.6. The largest absolute Gasteiger partial charge is 0.396 e. The summed E-state index contributed by atoms with van der Waals surface area (Å²) in [5, 5.41) is 11.6. The van der Waals surface area contributed by atoms with E-state index in [2.05, 4.69) is 5.32 Å². The summed E-state index contributed by atoms with van der Waals surface area (Å²) in [5.74, 6) is 0. The molecule has 0 aliphatic carbocycles. The van der Waals surface area contributed by atoms with E-state index in [1.54, 1.807) is 4.90 Å². The Kier molecular flexibility index (Phi) is 5.53. The lowest BCUT2D eigenvalue weighted by molar-refractivity contribution is 0.184. The van der Waals surface area contributed by atoms with Crippen molar-refractivity contribution in [2.75, 3.05) is 19.7 Å². The lowest BCUT2D eigenvalue weighted by Gasteiger charge is -2.27. The SMILES string of the molecule is CCN(CCCO)C(=O)NC(C)(C)C. The molecule has 2 N–H and O–H groups in total. The Bertz CT molecular complexity index is 175. The Morgan fingerprint density at radius 1 is 1.43 bits per heavy atom. The van der Waals surface area contributed by atoms with Crippen molar-refractivity contribution >= 4 is 6.03 Å². The topological polar surface area (TPSA) is 52.6 Å². The number of aliphatic hydroxyl groups is 1. The van der Waals surface area contributed by atoms with Crippen LogP contribution >= 0.6 is 0 Å². The van der Waals surface area contributed by atoms with Gasteiger partial charge in [-0.15, -0.1) is 0 Å². The van der Waals surface area contributed by atoms with Gasteiger partial charge in [0, 0.05) is 25.2 Å². The van der Waals surface area contributed by atoms with Crippen LogP contribution in [-0.2, 0) is 0 Å². The van der Waals surface area contributed by atoms with Gasteiger partial charge in [-0.25, -0.2) is 4.79 Å². The van der Waals surface area contributed by atoms with Crippen LogP contribution in [0.4, 0.5) is 4.79 Å². The van der Waals surface area contributed by atoms with Gasteiger partial charge in [-0.1, -0.05) is 0 Å². The van der Waals surface area contributed by atoms with E-state index in [1.165, 1.54) is 0 Å². The minimum Gasteiger partial charge on any atom is -0.396 e. The van der Waals surface area contributed by atoms with Crippen LogP contribution in [0, 0.1) is 0 Å². The van der Waals surface area contributed by atoms with Crippen molar-refractivity contribution in [3.8, 4) is 0 Å². The molecule has 0 bridgehead atoms. The summed E-state index contributed by atoms with van der Waals surface area (Å²) in [6.07, 6.45) is 0.630. The van der Waals surface area contributed by atoms with Gasteiger partial charge in [0.2, 0.25) is 0 Å². The van der Waals surface area contributed by atoms with Gasteiger partial charge < -0.3 is 15.3 Å². The number of amides is 2. The molecular weight excluding hydrogens is 180 g/mol. The summed E-state index contributed by atoms with van der Waals surface area (Å²) in [5.41, 5.74) is -0.205. The Morgan fingerprint density at radius 3 is 2.36 bits per heavy atom. The lowest BCUT2D eigenvalue weighted by Crippen LogP contribution is -2.48. The first-order valence-corrected chi connectivity index (χ1v) is 5.08. The minimum atomic E-state index is -0.205. The highest BCUT2D eigenvalue weighted by Crippen LogP contribution is 2.01. The zero-order chi connectivity index (χ0) is 11.2. The van der Waals surface area contributed by atoms with E-state index in [0.717, 1.165) is 0 Å². The van der Waals surface area contributed by atoms with E-state index in [0.29, 0.717) is 19.5 Å². The van der Waals surface area contributed by atoms with Gasteiger partial charge in [-0.05, 0) is 34.1 Å². The summed E-state index contributed by atoms with van der Waals surface area (Å²) < 4.78 is 0. The molecule has 0 atom stereocenters. The molecule has 84 valence electrons. The smallest absolute Gasteiger partial charge is 0.317 e. The molecule has 0 radical (unpaired) electrons. The average Bonchev–Trinajstić information content (AvgIpc) is 2.02. The van der Waals surface area contributed by atoms with Crippen LogP contribution in [0.1, 0.15) is 34.1 Å². The maximum absolute atomic E-state index is 11.6. The summed E-state index contributed by atoms with van der Waals surface area (Å²) >= 11 is 0. The quantitative estimate of drug-likeness (QED) is 0.719. The molecule has 0 saturated carbocycles. The Morgan fingerprint density at radius 2 is 2.00 bits per heavy atom. The third-order valence-electron chi connectivity index (χ3n) is 1.74. The van der Waals surface area contributed by atoms with Crippen molar-refractivity contribution in [3.05, 3.63) is 0 Å². The van der Waals surface area contributed by atoms with Crippen molar-refractivity contribution in [2.45, 2.75) is 39.7 Å². The highest BCUT2D eigenvalue weighted by atomic mass is 16.3. The molecule has 4 nitrogen and oxygen atoms in total. The molecular formula is C10H22N2O2. The second-order valence-electron chi connectivity index (χ2n) is 4.34. The molecule has 0 heterocycles. The highest BCUT2D eigenvalue weighted by Gasteiger charge is 2.17. The molecule has 0 spiro atoms. The number of nitrogens with zero attached hydrogens (tertiary/aromatic N) is 1. The van der Waals surface area contributed by atoms with Crippen molar-refractivity contribution < 1.29 is 9.90 Å². The fourth-order valence-electron chi connectivity index (χ4n) is 1.06. The summed E-state index contributed by atoms with van der Waals surface area (Å²) in [4.78, 5) is 13.3. The molecule has 0 saturated heterocycles. The molecule has 0 fully saturated rings. The summed E-state index contributed by atoms with van der Waals surface area (Å²) in [6.45, 7) is 9.18. The van der Waals surface area contributed by atoms with Gasteiger partial charge in [-0.2, -0.15) is 0 Å². The predicted octanol–water partition coefficient (Wildman–Crippen LogP) is 1.20. The number of carbonyl (C=O) groups excluding carboxylic acids is 1. The van der Waals surface area contributed by atoms with Crippen molar-refractivity contribution in [1.29, 1.82) is 0 Å². The molecule has 0 unspecified atom stereocenters. The van der Waals surface area contributed by atoms with Crippen LogP contribution in [0.15, 0.2) is 0 Å². The van der Waals surface area contributed by atoms with E-state index in [1.807, 2.05) is 27.7 Å². The number of hydrogen-bond acceptors (Lipinski definition) is 2. The van der Waals surface area contributed by atoms with Crippen molar-refractivity contribution in [3.63, 3.8) is 0 Å². The molecule has 0 aliphatic heterocycles. The molecule has 0 aromatic rings. The van der Waals surface area contributed by atoms with Gasteiger partial charge in [0.25, 0.3) is 0 Å². The minimum absolute atomic E-state index is 0.0616. The van der Waals surface area contributed by atoms with Crippen molar-refractivity contribution in [2.24, 2.45) is 0 Å². The summed E-state index contributed by atoms with van der Waals surface area (Å²) in [6, 6.07) is -0.0616. The lowest BCUT2D eigenvalue weighted by atomic mass is 10.1. The van der Waals surface area contributed by atoms with Gasteiger partial charge in [0.15, 0.2) is 0 Å². The number of hydrogen-bond donors (Lipinski definition) is 2. The first-order chi connectivity index (χ1) is 6.40. The van der Waals surface area contributed by atoms with E-state index in [4.69, 9.17) is 5.11 Å². The van der Waals surface area contributed by atoms with E-state index in [-0.39, 0.29) is 18.2 Å². The number of urea groups is 1. The zero-order valence-electron chi connectivity index (χ0n) is 9.63. The highest BCUT2D eigenvalue weighted by molar-refractivity contribution is 5.74. The maximum Gasteiger partial charge on any atom is 0.317 e. The van der Waals surface area contributed by atoms with E-state index < -0.39 is 0 Å². The van der Waals surface area contributed by atoms with Crippen LogP contribution in [0.3, 0.4) is 0 Å². The van der Waals surface area contributed by atoms with E-state index in [9.17, 15) is 4.79 Å². The average molecular weight is 202 g/mol. The van der Waals surface area contributed by atoms with Gasteiger partial charge in [-0.3, -0.25) is 0 Å². The van der Waals surface area contributed by atoms with Gasteiger partial charge >= 0.3 is 6.03 Å². The van der Waals surface area contributed by atoms with Crippen LogP contribution in [0.25, 0.3) is 0 Å². The van der Waals surface area contributed by atoms with Crippen molar-refractivity contribution in [1.82, 2.24) is 10.2 Å². The Balaban J connectivity index is 4.04. The number of nitrogens with one attached hydrogen (secondary N) is 1. The van der Waals surface area contributed by atoms with Crippen LogP contribution in [-0.4, -0.2) is 41.3 Å². The third kappa shape index (κ3) is 5.80. The number of rotatable bonds is 4. The zero-order valence-corrected chi connectivity index (χ0v) is 9.63. The molecule has 0 aromatic carbocycles. The van der Waals surface area contributed by atoms with Crippen LogP contribution in [0.2, 0.25) is 0 Å². The van der Waals surface area contributed by atoms with Crippen LogP contribution in [0.5, 0.6) is 0 Å². The normalized spacial score (nSPS) is 11.2. The molecule has 2 amide bonds. The first-order valence-electron chi connectivity index (χ1n) is 5.08. The monoisotopic (exact) mass is 202 g/mol. The Labute approximate surface area is 86.3 Å². The van der Waals surface area contributed by atoms with E-state index >= 15 is 0 Å².